The predicted octanol–water partition coefficient (Wildman–Crippen LogP) is 3.37. The third-order valence-electron chi connectivity index (χ3n) is 2.53. The standard InChI is InChI=1S/C12H11Cl2FN2O/c1-7-5-11(14)17(16-7)6-10(18)12-8(13)3-2-4-9(12)15/h2-5,10,18H,6H2,1H3/t10-/m1/s1. The van der Waals surface area contributed by atoms with Crippen LogP contribution < -0.4 is 0 Å². The highest BCUT2D eigenvalue weighted by molar-refractivity contribution is 6.31. The van der Waals surface area contributed by atoms with Crippen LogP contribution in [-0.2, 0) is 6.54 Å². The van der Waals surface area contributed by atoms with Gasteiger partial charge in [0.05, 0.1) is 12.2 Å². The summed E-state index contributed by atoms with van der Waals surface area (Å²) in [6.07, 6.45) is -1.10. The first-order chi connectivity index (χ1) is 8.49. The predicted molar refractivity (Wildman–Crippen MR) is 68.3 cm³/mol. The van der Waals surface area contributed by atoms with Crippen molar-refractivity contribution in [3.63, 3.8) is 0 Å². The Morgan fingerprint density at radius 2 is 2.17 bits per heavy atom. The van der Waals surface area contributed by atoms with E-state index in [-0.39, 0.29) is 17.1 Å². The molecule has 3 nitrogen and oxygen atoms in total. The molecule has 0 aliphatic carbocycles. The van der Waals surface area contributed by atoms with E-state index in [2.05, 4.69) is 5.10 Å². The Balaban J connectivity index is 2.27. The van der Waals surface area contributed by atoms with Crippen molar-refractivity contribution in [2.45, 2.75) is 19.6 Å². The third kappa shape index (κ3) is 2.66. The number of aliphatic hydroxyl groups excluding tert-OH is 1. The molecule has 6 heteroatoms. The molecule has 0 aliphatic rings. The minimum atomic E-state index is -1.10. The molecule has 1 aromatic carbocycles. The summed E-state index contributed by atoms with van der Waals surface area (Å²) in [5.74, 6) is -0.546. The second kappa shape index (κ2) is 5.26. The molecule has 18 heavy (non-hydrogen) atoms. The summed E-state index contributed by atoms with van der Waals surface area (Å²) >= 11 is 11.8. The lowest BCUT2D eigenvalue weighted by Crippen LogP contribution is -2.12. The van der Waals surface area contributed by atoms with Gasteiger partial charge in [0.2, 0.25) is 0 Å². The van der Waals surface area contributed by atoms with Gasteiger partial charge in [0.1, 0.15) is 17.1 Å². The second-order valence-corrected chi connectivity index (χ2v) is 4.74. The average Bonchev–Trinajstić information content (AvgIpc) is 2.57. The van der Waals surface area contributed by atoms with Crippen LogP contribution in [0.4, 0.5) is 4.39 Å². The maximum Gasteiger partial charge on any atom is 0.130 e. The fourth-order valence-corrected chi connectivity index (χ4v) is 2.28. The van der Waals surface area contributed by atoms with Crippen LogP contribution in [0.2, 0.25) is 10.2 Å². The van der Waals surface area contributed by atoms with E-state index in [1.165, 1.54) is 22.9 Å². The molecule has 2 aromatic rings. The molecule has 1 N–H and O–H groups in total. The Morgan fingerprint density at radius 3 is 2.72 bits per heavy atom. The number of halogens is 3. The molecule has 1 heterocycles. The van der Waals surface area contributed by atoms with E-state index >= 15 is 0 Å². The zero-order valence-electron chi connectivity index (χ0n) is 9.57. The molecule has 0 aliphatic heterocycles. The topological polar surface area (TPSA) is 38.0 Å². The summed E-state index contributed by atoms with van der Waals surface area (Å²) in [5.41, 5.74) is 0.787. The monoisotopic (exact) mass is 288 g/mol. The van der Waals surface area contributed by atoms with Crippen LogP contribution in [0.3, 0.4) is 0 Å². The van der Waals surface area contributed by atoms with Gasteiger partial charge in [-0.1, -0.05) is 29.3 Å². The second-order valence-electron chi connectivity index (χ2n) is 3.94. The van der Waals surface area contributed by atoms with Gasteiger partial charge in [-0.2, -0.15) is 5.10 Å². The van der Waals surface area contributed by atoms with E-state index in [4.69, 9.17) is 23.2 Å². The van der Waals surface area contributed by atoms with Gasteiger partial charge >= 0.3 is 0 Å². The lowest BCUT2D eigenvalue weighted by Gasteiger charge is -2.14. The molecule has 0 radical (unpaired) electrons. The van der Waals surface area contributed by atoms with Crippen molar-refractivity contribution in [1.29, 1.82) is 0 Å². The van der Waals surface area contributed by atoms with Gasteiger partial charge in [-0.05, 0) is 25.1 Å². The van der Waals surface area contributed by atoms with Gasteiger partial charge in [-0.3, -0.25) is 4.68 Å². The van der Waals surface area contributed by atoms with Crippen molar-refractivity contribution in [2.24, 2.45) is 0 Å². The van der Waals surface area contributed by atoms with Crippen LogP contribution in [0.5, 0.6) is 0 Å². The van der Waals surface area contributed by atoms with Crippen LogP contribution in [-0.4, -0.2) is 14.9 Å². The molecule has 0 amide bonds. The number of aliphatic hydroxyl groups is 1. The highest BCUT2D eigenvalue weighted by Crippen LogP contribution is 2.27. The summed E-state index contributed by atoms with van der Waals surface area (Å²) in [7, 11) is 0. The third-order valence-corrected chi connectivity index (χ3v) is 3.17. The first-order valence-electron chi connectivity index (χ1n) is 5.31. The molecule has 0 saturated carbocycles. The highest BCUT2D eigenvalue weighted by Gasteiger charge is 2.18. The number of aryl methyl sites for hydroxylation is 1. The smallest absolute Gasteiger partial charge is 0.130 e. The largest absolute Gasteiger partial charge is 0.386 e. The molecule has 1 atom stereocenters. The minimum absolute atomic E-state index is 0.0489. The van der Waals surface area contributed by atoms with Crippen LogP contribution >= 0.6 is 23.2 Å². The fourth-order valence-electron chi connectivity index (χ4n) is 1.73. The molecule has 0 spiro atoms. The Labute approximate surface area is 114 Å². The maximum atomic E-state index is 13.6. The van der Waals surface area contributed by atoms with Crippen LogP contribution in [0, 0.1) is 12.7 Å². The molecule has 2 rings (SSSR count). The molecule has 0 unspecified atom stereocenters. The Morgan fingerprint density at radius 1 is 1.44 bits per heavy atom. The fraction of sp³-hybridized carbons (Fsp3) is 0.250. The van der Waals surface area contributed by atoms with Crippen LogP contribution in [0.1, 0.15) is 17.4 Å². The van der Waals surface area contributed by atoms with E-state index in [1.807, 2.05) is 0 Å². The summed E-state index contributed by atoms with van der Waals surface area (Å²) in [6, 6.07) is 5.93. The van der Waals surface area contributed by atoms with E-state index in [0.717, 1.165) is 5.69 Å². The number of benzene rings is 1. The van der Waals surface area contributed by atoms with Gasteiger partial charge in [0.25, 0.3) is 0 Å². The Hall–Kier alpha value is -1.10. The number of hydrogen-bond donors (Lipinski definition) is 1. The molecule has 0 bridgehead atoms. The van der Waals surface area contributed by atoms with Crippen LogP contribution in [0.25, 0.3) is 0 Å². The van der Waals surface area contributed by atoms with Gasteiger partial charge in [-0.15, -0.1) is 0 Å². The number of rotatable bonds is 3. The molecular weight excluding hydrogens is 278 g/mol. The van der Waals surface area contributed by atoms with E-state index in [9.17, 15) is 9.50 Å². The van der Waals surface area contributed by atoms with Gasteiger partial charge in [0.15, 0.2) is 0 Å². The van der Waals surface area contributed by atoms with Gasteiger partial charge in [-0.25, -0.2) is 4.39 Å². The van der Waals surface area contributed by atoms with Crippen molar-refractivity contribution >= 4 is 23.2 Å². The van der Waals surface area contributed by atoms with Crippen molar-refractivity contribution < 1.29 is 9.50 Å². The first-order valence-corrected chi connectivity index (χ1v) is 6.06. The number of hydrogen-bond acceptors (Lipinski definition) is 2. The number of nitrogens with zero attached hydrogens (tertiary/aromatic N) is 2. The van der Waals surface area contributed by atoms with Gasteiger partial charge in [0, 0.05) is 10.6 Å². The number of aromatic nitrogens is 2. The Bertz CT molecular complexity index is 551. The normalized spacial score (nSPS) is 12.7. The van der Waals surface area contributed by atoms with Crippen molar-refractivity contribution in [1.82, 2.24) is 9.78 Å². The summed E-state index contributed by atoms with van der Waals surface area (Å²) in [6.45, 7) is 1.83. The average molecular weight is 289 g/mol. The maximum absolute atomic E-state index is 13.6. The van der Waals surface area contributed by atoms with E-state index in [1.54, 1.807) is 13.0 Å². The van der Waals surface area contributed by atoms with Crippen molar-refractivity contribution in [2.75, 3.05) is 0 Å². The van der Waals surface area contributed by atoms with E-state index < -0.39 is 11.9 Å². The molecule has 0 saturated heterocycles. The lowest BCUT2D eigenvalue weighted by atomic mass is 10.1. The summed E-state index contributed by atoms with van der Waals surface area (Å²) in [5, 5.41) is 14.7. The Kier molecular flexibility index (Phi) is 3.90. The zero-order chi connectivity index (χ0) is 13.3. The van der Waals surface area contributed by atoms with Crippen LogP contribution in [0.15, 0.2) is 24.3 Å². The SMILES string of the molecule is Cc1cc(Cl)n(C[C@@H](O)c2c(F)cccc2Cl)n1. The lowest BCUT2D eigenvalue weighted by molar-refractivity contribution is 0.147. The first kappa shape index (κ1) is 13.3. The van der Waals surface area contributed by atoms with Gasteiger partial charge < -0.3 is 5.11 Å². The molecule has 1 aromatic heterocycles. The van der Waals surface area contributed by atoms with Crippen molar-refractivity contribution in [3.05, 3.63) is 51.5 Å². The highest BCUT2D eigenvalue weighted by atomic mass is 35.5. The quantitative estimate of drug-likeness (QED) is 0.940. The van der Waals surface area contributed by atoms with Crippen molar-refractivity contribution in [3.8, 4) is 0 Å². The van der Waals surface area contributed by atoms with E-state index in [0.29, 0.717) is 5.15 Å². The zero-order valence-corrected chi connectivity index (χ0v) is 11.1. The molecular formula is C12H11Cl2FN2O. The summed E-state index contributed by atoms with van der Waals surface area (Å²) < 4.78 is 15.0. The molecule has 0 fully saturated rings. The molecule has 96 valence electrons. The minimum Gasteiger partial charge on any atom is -0.386 e. The summed E-state index contributed by atoms with van der Waals surface area (Å²) in [4.78, 5) is 0.